The van der Waals surface area contributed by atoms with Crippen LogP contribution in [0.4, 0.5) is 11.5 Å². The van der Waals surface area contributed by atoms with Crippen molar-refractivity contribution in [2.75, 3.05) is 42.2 Å². The van der Waals surface area contributed by atoms with Crippen molar-refractivity contribution in [2.45, 2.75) is 18.2 Å². The SMILES string of the molecule is Cc1ccc(N2CCCN(c3ncccc3S(C)(=O)=O)CC2)cc1. The van der Waals surface area contributed by atoms with Crippen LogP contribution in [0, 0.1) is 6.92 Å². The summed E-state index contributed by atoms with van der Waals surface area (Å²) in [5.74, 6) is 0.575. The zero-order chi connectivity index (χ0) is 17.2. The molecule has 0 N–H and O–H groups in total. The average molecular weight is 345 g/mol. The van der Waals surface area contributed by atoms with E-state index in [2.05, 4.69) is 46.0 Å². The van der Waals surface area contributed by atoms with Crippen LogP contribution >= 0.6 is 0 Å². The molecule has 6 heteroatoms. The molecule has 1 saturated heterocycles. The Kier molecular flexibility index (Phi) is 4.76. The summed E-state index contributed by atoms with van der Waals surface area (Å²) in [5, 5.41) is 0. The van der Waals surface area contributed by atoms with Crippen molar-refractivity contribution < 1.29 is 8.42 Å². The highest BCUT2D eigenvalue weighted by atomic mass is 32.2. The molecule has 1 aromatic carbocycles. The van der Waals surface area contributed by atoms with E-state index in [0.29, 0.717) is 10.7 Å². The van der Waals surface area contributed by atoms with Crippen LogP contribution in [0.3, 0.4) is 0 Å². The molecule has 0 aliphatic carbocycles. The molecule has 1 aliphatic heterocycles. The first-order valence-corrected chi connectivity index (χ1v) is 10.1. The van der Waals surface area contributed by atoms with Crippen molar-refractivity contribution in [3.63, 3.8) is 0 Å². The lowest BCUT2D eigenvalue weighted by molar-refractivity contribution is 0.600. The van der Waals surface area contributed by atoms with Crippen LogP contribution in [0.15, 0.2) is 47.5 Å². The van der Waals surface area contributed by atoms with E-state index in [1.165, 1.54) is 17.5 Å². The molecule has 2 aromatic rings. The summed E-state index contributed by atoms with van der Waals surface area (Å²) in [6.45, 7) is 5.46. The second-order valence-corrected chi connectivity index (χ2v) is 8.24. The fourth-order valence-corrected chi connectivity index (χ4v) is 3.89. The number of sulfone groups is 1. The number of hydrogen-bond donors (Lipinski definition) is 0. The van der Waals surface area contributed by atoms with E-state index in [-0.39, 0.29) is 0 Å². The van der Waals surface area contributed by atoms with Crippen molar-refractivity contribution in [2.24, 2.45) is 0 Å². The lowest BCUT2D eigenvalue weighted by Crippen LogP contribution is -2.32. The summed E-state index contributed by atoms with van der Waals surface area (Å²) in [7, 11) is -3.28. The maximum atomic E-state index is 12.0. The Morgan fingerprint density at radius 1 is 0.958 bits per heavy atom. The number of nitrogens with zero attached hydrogens (tertiary/aromatic N) is 3. The van der Waals surface area contributed by atoms with E-state index in [1.807, 2.05) is 0 Å². The third-order valence-electron chi connectivity index (χ3n) is 4.34. The Balaban J connectivity index is 1.80. The van der Waals surface area contributed by atoms with Gasteiger partial charge in [0.05, 0.1) is 0 Å². The molecule has 0 saturated carbocycles. The minimum absolute atomic E-state index is 0.314. The maximum absolute atomic E-state index is 12.0. The van der Waals surface area contributed by atoms with Gasteiger partial charge < -0.3 is 9.80 Å². The van der Waals surface area contributed by atoms with Crippen molar-refractivity contribution in [1.82, 2.24) is 4.98 Å². The number of benzene rings is 1. The second-order valence-electron chi connectivity index (χ2n) is 6.26. The Morgan fingerprint density at radius 2 is 1.62 bits per heavy atom. The molecule has 5 nitrogen and oxygen atoms in total. The Labute approximate surface area is 143 Å². The standard InChI is InChI=1S/C18H23N3O2S/c1-15-6-8-16(9-7-15)20-11-4-12-21(14-13-20)18-17(24(2,22)23)5-3-10-19-18/h3,5-10H,4,11-14H2,1-2H3. The third kappa shape index (κ3) is 3.70. The third-order valence-corrected chi connectivity index (χ3v) is 5.46. The van der Waals surface area contributed by atoms with E-state index in [9.17, 15) is 8.42 Å². The van der Waals surface area contributed by atoms with E-state index in [0.717, 1.165) is 32.6 Å². The lowest BCUT2D eigenvalue weighted by atomic mass is 10.2. The smallest absolute Gasteiger partial charge is 0.179 e. The fraction of sp³-hybridized carbons (Fsp3) is 0.389. The van der Waals surface area contributed by atoms with Gasteiger partial charge in [-0.05, 0) is 37.6 Å². The Bertz CT molecular complexity index is 803. The largest absolute Gasteiger partial charge is 0.370 e. The van der Waals surface area contributed by atoms with Gasteiger partial charge in [0.1, 0.15) is 10.7 Å². The molecule has 2 heterocycles. The minimum Gasteiger partial charge on any atom is -0.370 e. The van der Waals surface area contributed by atoms with Crippen LogP contribution < -0.4 is 9.80 Å². The number of anilines is 2. The monoisotopic (exact) mass is 345 g/mol. The van der Waals surface area contributed by atoms with Gasteiger partial charge >= 0.3 is 0 Å². The van der Waals surface area contributed by atoms with E-state index in [4.69, 9.17) is 0 Å². The summed E-state index contributed by atoms with van der Waals surface area (Å²) in [6.07, 6.45) is 3.87. The molecule has 0 spiro atoms. The average Bonchev–Trinajstić information content (AvgIpc) is 2.81. The van der Waals surface area contributed by atoms with Crippen LogP contribution in [0.2, 0.25) is 0 Å². The zero-order valence-electron chi connectivity index (χ0n) is 14.1. The molecule has 0 unspecified atom stereocenters. The van der Waals surface area contributed by atoms with Gasteiger partial charge in [0.15, 0.2) is 9.84 Å². The topological polar surface area (TPSA) is 53.5 Å². The summed E-state index contributed by atoms with van der Waals surface area (Å²) in [6, 6.07) is 11.9. The van der Waals surface area contributed by atoms with Crippen LogP contribution in [0.1, 0.15) is 12.0 Å². The maximum Gasteiger partial charge on any atom is 0.179 e. The molecule has 24 heavy (non-hydrogen) atoms. The number of aromatic nitrogens is 1. The van der Waals surface area contributed by atoms with Crippen molar-refractivity contribution in [3.05, 3.63) is 48.2 Å². The normalized spacial score (nSPS) is 16.1. The van der Waals surface area contributed by atoms with Gasteiger partial charge in [-0.1, -0.05) is 17.7 Å². The van der Waals surface area contributed by atoms with Gasteiger partial charge in [-0.2, -0.15) is 0 Å². The molecule has 1 aromatic heterocycles. The van der Waals surface area contributed by atoms with Crippen molar-refractivity contribution >= 4 is 21.3 Å². The quantitative estimate of drug-likeness (QED) is 0.855. The molecular formula is C18H23N3O2S. The van der Waals surface area contributed by atoms with Gasteiger partial charge in [-0.15, -0.1) is 0 Å². The number of hydrogen-bond acceptors (Lipinski definition) is 5. The number of rotatable bonds is 3. The highest BCUT2D eigenvalue weighted by Crippen LogP contribution is 2.24. The number of pyridine rings is 1. The Morgan fingerprint density at radius 3 is 2.33 bits per heavy atom. The van der Waals surface area contributed by atoms with Crippen LogP contribution in [-0.2, 0) is 9.84 Å². The minimum atomic E-state index is -3.28. The highest BCUT2D eigenvalue weighted by molar-refractivity contribution is 7.90. The van der Waals surface area contributed by atoms with Crippen LogP contribution in [-0.4, -0.2) is 45.8 Å². The zero-order valence-corrected chi connectivity index (χ0v) is 15.0. The molecule has 1 aliphatic rings. The van der Waals surface area contributed by atoms with Crippen molar-refractivity contribution in [1.29, 1.82) is 0 Å². The fourth-order valence-electron chi connectivity index (χ4n) is 3.05. The molecule has 128 valence electrons. The first-order chi connectivity index (χ1) is 11.4. The summed E-state index contributed by atoms with van der Waals surface area (Å²) < 4.78 is 24.0. The molecule has 0 bridgehead atoms. The molecule has 0 atom stereocenters. The van der Waals surface area contributed by atoms with E-state index in [1.54, 1.807) is 18.3 Å². The first kappa shape index (κ1) is 16.8. The second kappa shape index (κ2) is 6.81. The Hall–Kier alpha value is -2.08. The predicted octanol–water partition coefficient (Wildman–Crippen LogP) is 2.51. The molecule has 0 amide bonds. The molecule has 0 radical (unpaired) electrons. The molecular weight excluding hydrogens is 322 g/mol. The lowest BCUT2D eigenvalue weighted by Gasteiger charge is -2.25. The van der Waals surface area contributed by atoms with Gasteiger partial charge in [0.2, 0.25) is 0 Å². The number of aryl methyl sites for hydroxylation is 1. The summed E-state index contributed by atoms with van der Waals surface area (Å²) in [5.41, 5.74) is 2.47. The van der Waals surface area contributed by atoms with E-state index >= 15 is 0 Å². The first-order valence-electron chi connectivity index (χ1n) is 8.17. The molecule has 3 rings (SSSR count). The van der Waals surface area contributed by atoms with Gasteiger partial charge in [-0.3, -0.25) is 0 Å². The predicted molar refractivity (Wildman–Crippen MR) is 97.6 cm³/mol. The molecule has 1 fully saturated rings. The summed E-state index contributed by atoms with van der Waals surface area (Å²) in [4.78, 5) is 9.10. The summed E-state index contributed by atoms with van der Waals surface area (Å²) >= 11 is 0. The highest BCUT2D eigenvalue weighted by Gasteiger charge is 2.22. The van der Waals surface area contributed by atoms with Crippen LogP contribution in [0.25, 0.3) is 0 Å². The van der Waals surface area contributed by atoms with Gasteiger partial charge in [-0.25, -0.2) is 13.4 Å². The van der Waals surface area contributed by atoms with Crippen molar-refractivity contribution in [3.8, 4) is 0 Å². The van der Waals surface area contributed by atoms with Gasteiger partial charge in [0.25, 0.3) is 0 Å². The van der Waals surface area contributed by atoms with Gasteiger partial charge in [0, 0.05) is 44.3 Å². The van der Waals surface area contributed by atoms with E-state index < -0.39 is 9.84 Å². The van der Waals surface area contributed by atoms with Crippen LogP contribution in [0.5, 0.6) is 0 Å².